The first kappa shape index (κ1) is 7.14. The van der Waals surface area contributed by atoms with Gasteiger partial charge in [0.15, 0.2) is 0 Å². The van der Waals surface area contributed by atoms with Gasteiger partial charge in [-0.15, -0.1) is 0 Å². The summed E-state index contributed by atoms with van der Waals surface area (Å²) in [6.07, 6.45) is 2.37. The summed E-state index contributed by atoms with van der Waals surface area (Å²) in [7, 11) is 0. The Balaban J connectivity index is 2.09. The predicted molar refractivity (Wildman–Crippen MR) is 43.0 cm³/mol. The van der Waals surface area contributed by atoms with Gasteiger partial charge >= 0.3 is 0 Å². The van der Waals surface area contributed by atoms with Gasteiger partial charge in [-0.3, -0.25) is 4.79 Å². The fraction of sp³-hybridized carbons (Fsp3) is 0.889. The summed E-state index contributed by atoms with van der Waals surface area (Å²) >= 11 is 0. The molecule has 0 spiro atoms. The van der Waals surface area contributed by atoms with Crippen molar-refractivity contribution in [3.63, 3.8) is 0 Å². The number of rotatable bonds is 1. The molecular weight excluding hydrogens is 138 g/mol. The number of carbonyl (C=O) groups excluding carboxylic acids is 1. The minimum absolute atomic E-state index is 0.298. The summed E-state index contributed by atoms with van der Waals surface area (Å²) in [5, 5.41) is 3.00. The third kappa shape index (κ3) is 0.815. The number of fused-ring (bicyclic) bond motifs is 1. The van der Waals surface area contributed by atoms with Crippen LogP contribution in [-0.4, -0.2) is 11.9 Å². The third-order valence-corrected chi connectivity index (χ3v) is 3.37. The van der Waals surface area contributed by atoms with Crippen molar-refractivity contribution in [2.75, 3.05) is 0 Å². The van der Waals surface area contributed by atoms with Crippen LogP contribution in [0.25, 0.3) is 0 Å². The summed E-state index contributed by atoms with van der Waals surface area (Å²) in [5.41, 5.74) is 0. The van der Waals surface area contributed by atoms with Gasteiger partial charge in [0.2, 0.25) is 5.91 Å². The van der Waals surface area contributed by atoms with Crippen LogP contribution in [-0.2, 0) is 4.79 Å². The molecule has 4 atom stereocenters. The van der Waals surface area contributed by atoms with Crippen LogP contribution in [0.4, 0.5) is 0 Å². The quantitative estimate of drug-likeness (QED) is 0.602. The molecule has 11 heavy (non-hydrogen) atoms. The molecule has 2 rings (SSSR count). The van der Waals surface area contributed by atoms with E-state index in [1.165, 1.54) is 6.42 Å². The SMILES string of the molecule is CCC1CC2C(=O)NC(C)C12. The number of carbonyl (C=O) groups is 1. The molecule has 4 unspecified atom stereocenters. The fourth-order valence-electron chi connectivity index (χ4n) is 2.68. The number of hydrogen-bond acceptors (Lipinski definition) is 1. The molecule has 1 heterocycles. The van der Waals surface area contributed by atoms with Crippen LogP contribution in [0, 0.1) is 17.8 Å². The molecule has 1 aliphatic carbocycles. The lowest BCUT2D eigenvalue weighted by Gasteiger charge is -2.39. The highest BCUT2D eigenvalue weighted by Crippen LogP contribution is 2.47. The Morgan fingerprint density at radius 2 is 2.36 bits per heavy atom. The second kappa shape index (κ2) is 2.23. The summed E-state index contributed by atoms with van der Waals surface area (Å²) in [5.74, 6) is 2.14. The van der Waals surface area contributed by atoms with E-state index in [2.05, 4.69) is 19.2 Å². The summed E-state index contributed by atoms with van der Waals surface area (Å²) in [6.45, 7) is 4.35. The average Bonchev–Trinajstić information content (AvgIpc) is 2.03. The summed E-state index contributed by atoms with van der Waals surface area (Å²) in [6, 6.07) is 0.436. The minimum Gasteiger partial charge on any atom is -0.353 e. The van der Waals surface area contributed by atoms with Gasteiger partial charge in [0, 0.05) is 12.0 Å². The van der Waals surface area contributed by atoms with Crippen molar-refractivity contribution in [2.24, 2.45) is 17.8 Å². The van der Waals surface area contributed by atoms with Gasteiger partial charge in [0.25, 0.3) is 0 Å². The highest BCUT2D eigenvalue weighted by atomic mass is 16.2. The normalized spacial score (nSPS) is 48.0. The smallest absolute Gasteiger partial charge is 0.223 e. The minimum atomic E-state index is 0.298. The molecular formula is C9H15NO. The Morgan fingerprint density at radius 1 is 1.64 bits per heavy atom. The summed E-state index contributed by atoms with van der Waals surface area (Å²) < 4.78 is 0. The highest BCUT2D eigenvalue weighted by Gasteiger charge is 2.51. The third-order valence-electron chi connectivity index (χ3n) is 3.37. The van der Waals surface area contributed by atoms with Gasteiger partial charge in [-0.1, -0.05) is 13.3 Å². The lowest BCUT2D eigenvalue weighted by molar-refractivity contribution is -0.126. The largest absolute Gasteiger partial charge is 0.353 e. The second-order valence-corrected chi connectivity index (χ2v) is 3.89. The lowest BCUT2D eigenvalue weighted by atomic mass is 9.63. The Bertz CT molecular complexity index is 190. The molecule has 2 aliphatic rings. The first-order valence-electron chi connectivity index (χ1n) is 4.54. The fourth-order valence-corrected chi connectivity index (χ4v) is 2.68. The Kier molecular flexibility index (Phi) is 1.44. The molecule has 62 valence electrons. The van der Waals surface area contributed by atoms with Crippen molar-refractivity contribution in [3.8, 4) is 0 Å². The van der Waals surface area contributed by atoms with E-state index in [0.717, 1.165) is 12.3 Å². The van der Waals surface area contributed by atoms with Crippen LogP contribution in [0.2, 0.25) is 0 Å². The van der Waals surface area contributed by atoms with Crippen molar-refractivity contribution < 1.29 is 4.79 Å². The molecule has 0 aromatic carbocycles. The maximum absolute atomic E-state index is 11.2. The number of nitrogens with one attached hydrogen (secondary N) is 1. The topological polar surface area (TPSA) is 29.1 Å². The molecule has 1 aliphatic heterocycles. The standard InChI is InChI=1S/C9H15NO/c1-3-6-4-7-8(6)5(2)10-9(7)11/h5-8H,3-4H2,1-2H3,(H,10,11). The van der Waals surface area contributed by atoms with E-state index in [1.807, 2.05) is 0 Å². The molecule has 0 aromatic heterocycles. The molecule has 2 heteroatoms. The molecule has 1 N–H and O–H groups in total. The Morgan fingerprint density at radius 3 is 2.91 bits per heavy atom. The lowest BCUT2D eigenvalue weighted by Crippen LogP contribution is -2.39. The van der Waals surface area contributed by atoms with Crippen LogP contribution in [0.1, 0.15) is 26.7 Å². The highest BCUT2D eigenvalue weighted by molar-refractivity contribution is 5.83. The van der Waals surface area contributed by atoms with E-state index in [1.54, 1.807) is 0 Å². The van der Waals surface area contributed by atoms with Crippen LogP contribution in [0.5, 0.6) is 0 Å². The number of hydrogen-bond donors (Lipinski definition) is 1. The van der Waals surface area contributed by atoms with Gasteiger partial charge in [-0.25, -0.2) is 0 Å². The van der Waals surface area contributed by atoms with Gasteiger partial charge in [-0.05, 0) is 25.2 Å². The zero-order valence-electron chi connectivity index (χ0n) is 7.13. The van der Waals surface area contributed by atoms with Gasteiger partial charge in [0.1, 0.15) is 0 Å². The van der Waals surface area contributed by atoms with Gasteiger partial charge < -0.3 is 5.32 Å². The average molecular weight is 153 g/mol. The first-order valence-corrected chi connectivity index (χ1v) is 4.54. The molecule has 0 aromatic rings. The van der Waals surface area contributed by atoms with E-state index >= 15 is 0 Å². The van der Waals surface area contributed by atoms with E-state index in [0.29, 0.717) is 23.8 Å². The number of amides is 1. The Hall–Kier alpha value is -0.530. The van der Waals surface area contributed by atoms with Crippen molar-refractivity contribution in [2.45, 2.75) is 32.7 Å². The van der Waals surface area contributed by atoms with Crippen molar-refractivity contribution in [1.29, 1.82) is 0 Å². The van der Waals surface area contributed by atoms with Crippen LogP contribution in [0.3, 0.4) is 0 Å². The summed E-state index contributed by atoms with van der Waals surface area (Å²) in [4.78, 5) is 11.2. The van der Waals surface area contributed by atoms with Gasteiger partial charge in [-0.2, -0.15) is 0 Å². The maximum Gasteiger partial charge on any atom is 0.223 e. The van der Waals surface area contributed by atoms with E-state index in [-0.39, 0.29) is 0 Å². The van der Waals surface area contributed by atoms with Gasteiger partial charge in [0.05, 0.1) is 0 Å². The van der Waals surface area contributed by atoms with Crippen molar-refractivity contribution in [3.05, 3.63) is 0 Å². The second-order valence-electron chi connectivity index (χ2n) is 3.89. The zero-order chi connectivity index (χ0) is 8.01. The molecule has 0 bridgehead atoms. The first-order chi connectivity index (χ1) is 5.24. The van der Waals surface area contributed by atoms with Crippen LogP contribution in [0.15, 0.2) is 0 Å². The zero-order valence-corrected chi connectivity index (χ0v) is 7.13. The Labute approximate surface area is 67.4 Å². The molecule has 2 nitrogen and oxygen atoms in total. The molecule has 0 radical (unpaired) electrons. The maximum atomic E-state index is 11.2. The molecule has 2 fully saturated rings. The van der Waals surface area contributed by atoms with Crippen molar-refractivity contribution >= 4 is 5.91 Å². The van der Waals surface area contributed by atoms with E-state index in [9.17, 15) is 4.79 Å². The van der Waals surface area contributed by atoms with Crippen LogP contribution >= 0.6 is 0 Å². The molecule has 1 saturated carbocycles. The van der Waals surface area contributed by atoms with Crippen LogP contribution < -0.4 is 5.32 Å². The van der Waals surface area contributed by atoms with E-state index < -0.39 is 0 Å². The molecule has 1 saturated heterocycles. The van der Waals surface area contributed by atoms with Crippen molar-refractivity contribution in [1.82, 2.24) is 5.32 Å². The molecule has 1 amide bonds. The predicted octanol–water partition coefficient (Wildman–Crippen LogP) is 1.17. The van der Waals surface area contributed by atoms with E-state index in [4.69, 9.17) is 0 Å². The monoisotopic (exact) mass is 153 g/mol.